The average Bonchev–Trinajstić information content (AvgIpc) is 2.31. The van der Waals surface area contributed by atoms with Crippen LogP contribution in [0.15, 0.2) is 23.1 Å². The summed E-state index contributed by atoms with van der Waals surface area (Å²) in [7, 11) is -4.04. The zero-order chi connectivity index (χ0) is 14.3. The van der Waals surface area contributed by atoms with E-state index in [1.807, 2.05) is 0 Å². The molecule has 1 fully saturated rings. The molecule has 1 aliphatic rings. The van der Waals surface area contributed by atoms with E-state index in [-0.39, 0.29) is 6.54 Å². The van der Waals surface area contributed by atoms with Crippen LogP contribution in [0.2, 0.25) is 0 Å². The van der Waals surface area contributed by atoms with Crippen LogP contribution >= 0.6 is 0 Å². The highest BCUT2D eigenvalue weighted by Crippen LogP contribution is 2.27. The largest absolute Gasteiger partial charge is 0.314 e. The third-order valence-corrected chi connectivity index (χ3v) is 5.31. The van der Waals surface area contributed by atoms with E-state index in [2.05, 4.69) is 5.32 Å². The van der Waals surface area contributed by atoms with Gasteiger partial charge in [-0.25, -0.2) is 17.2 Å². The smallest absolute Gasteiger partial charge is 0.246 e. The quantitative estimate of drug-likeness (QED) is 0.894. The zero-order valence-corrected chi connectivity index (χ0v) is 11.6. The maximum absolute atomic E-state index is 13.7. The molecule has 1 heterocycles. The van der Waals surface area contributed by atoms with Gasteiger partial charge >= 0.3 is 0 Å². The highest BCUT2D eigenvalue weighted by Gasteiger charge is 2.40. The van der Waals surface area contributed by atoms with Crippen molar-refractivity contribution in [2.75, 3.05) is 19.6 Å². The van der Waals surface area contributed by atoms with Gasteiger partial charge in [0.15, 0.2) is 0 Å². The molecular formula is C12H16F2N2O2S. The van der Waals surface area contributed by atoms with Gasteiger partial charge in [-0.05, 0) is 32.0 Å². The summed E-state index contributed by atoms with van der Waals surface area (Å²) in [5.41, 5.74) is -0.685. The maximum atomic E-state index is 13.7. The van der Waals surface area contributed by atoms with Crippen molar-refractivity contribution in [1.29, 1.82) is 0 Å². The summed E-state index contributed by atoms with van der Waals surface area (Å²) in [6.07, 6.45) is 0. The van der Waals surface area contributed by atoms with Crippen LogP contribution in [0.5, 0.6) is 0 Å². The second-order valence-electron chi connectivity index (χ2n) is 5.14. The second-order valence-corrected chi connectivity index (χ2v) is 6.97. The van der Waals surface area contributed by atoms with Gasteiger partial charge in [-0.1, -0.05) is 0 Å². The first-order valence-electron chi connectivity index (χ1n) is 5.94. The van der Waals surface area contributed by atoms with Gasteiger partial charge in [0, 0.05) is 25.2 Å². The minimum absolute atomic E-state index is 0.227. The van der Waals surface area contributed by atoms with Crippen LogP contribution in [-0.4, -0.2) is 37.9 Å². The molecule has 19 heavy (non-hydrogen) atoms. The molecule has 0 unspecified atom stereocenters. The van der Waals surface area contributed by atoms with Crippen molar-refractivity contribution >= 4 is 10.0 Å². The number of nitrogens with one attached hydrogen (secondary N) is 1. The van der Waals surface area contributed by atoms with Gasteiger partial charge < -0.3 is 5.32 Å². The Bertz CT molecular complexity index is 587. The molecular weight excluding hydrogens is 274 g/mol. The van der Waals surface area contributed by atoms with E-state index < -0.39 is 32.1 Å². The van der Waals surface area contributed by atoms with Crippen molar-refractivity contribution in [2.45, 2.75) is 24.3 Å². The van der Waals surface area contributed by atoms with Crippen molar-refractivity contribution < 1.29 is 17.2 Å². The Labute approximate surface area is 111 Å². The summed E-state index contributed by atoms with van der Waals surface area (Å²) < 4.78 is 53.0. The van der Waals surface area contributed by atoms with Crippen LogP contribution in [0.25, 0.3) is 0 Å². The Kier molecular flexibility index (Phi) is 3.63. The van der Waals surface area contributed by atoms with Crippen molar-refractivity contribution in [3.63, 3.8) is 0 Å². The molecule has 0 atom stereocenters. The number of hydrogen-bond acceptors (Lipinski definition) is 3. The number of rotatable bonds is 2. The fourth-order valence-corrected chi connectivity index (χ4v) is 4.07. The van der Waals surface area contributed by atoms with E-state index in [0.717, 1.165) is 18.2 Å². The molecule has 1 aliphatic heterocycles. The Morgan fingerprint density at radius 2 is 2.00 bits per heavy atom. The van der Waals surface area contributed by atoms with Crippen LogP contribution in [0.1, 0.15) is 13.8 Å². The topological polar surface area (TPSA) is 49.4 Å². The molecule has 4 nitrogen and oxygen atoms in total. The lowest BCUT2D eigenvalue weighted by atomic mass is 10.0. The first-order valence-corrected chi connectivity index (χ1v) is 7.38. The molecule has 0 radical (unpaired) electrons. The Morgan fingerprint density at radius 1 is 1.32 bits per heavy atom. The van der Waals surface area contributed by atoms with Crippen LogP contribution in [-0.2, 0) is 10.0 Å². The van der Waals surface area contributed by atoms with Crippen molar-refractivity contribution in [3.05, 3.63) is 29.8 Å². The average molecular weight is 290 g/mol. The van der Waals surface area contributed by atoms with Crippen LogP contribution < -0.4 is 5.32 Å². The van der Waals surface area contributed by atoms with Crippen molar-refractivity contribution in [1.82, 2.24) is 9.62 Å². The van der Waals surface area contributed by atoms with E-state index in [4.69, 9.17) is 0 Å². The highest BCUT2D eigenvalue weighted by atomic mass is 32.2. The first kappa shape index (κ1) is 14.4. The fourth-order valence-electron chi connectivity index (χ4n) is 2.20. The van der Waals surface area contributed by atoms with Crippen molar-refractivity contribution in [3.8, 4) is 0 Å². The third-order valence-electron chi connectivity index (χ3n) is 3.19. The van der Waals surface area contributed by atoms with E-state index >= 15 is 0 Å². The molecule has 2 rings (SSSR count). The predicted octanol–water partition coefficient (Wildman–Crippen LogP) is 1.34. The molecule has 1 N–H and O–H groups in total. The standard InChI is InChI=1S/C12H16F2N2O2S/c1-12(2)8-15-5-6-16(12)19(17,18)11-7-9(13)3-4-10(11)14/h3-4,7,15H,5-6,8H2,1-2H3. The summed E-state index contributed by atoms with van der Waals surface area (Å²) in [6, 6.07) is 2.46. The van der Waals surface area contributed by atoms with Gasteiger partial charge in [0.05, 0.1) is 0 Å². The highest BCUT2D eigenvalue weighted by molar-refractivity contribution is 7.89. The lowest BCUT2D eigenvalue weighted by Gasteiger charge is -2.41. The molecule has 7 heteroatoms. The normalized spacial score (nSPS) is 20.4. The van der Waals surface area contributed by atoms with E-state index in [9.17, 15) is 17.2 Å². The lowest BCUT2D eigenvalue weighted by molar-refractivity contribution is 0.185. The van der Waals surface area contributed by atoms with Gasteiger partial charge in [0.1, 0.15) is 16.5 Å². The summed E-state index contributed by atoms with van der Waals surface area (Å²) in [5.74, 6) is -1.70. The molecule has 0 amide bonds. The Hall–Kier alpha value is -1.05. The molecule has 0 spiro atoms. The first-order chi connectivity index (χ1) is 8.75. The summed E-state index contributed by atoms with van der Waals surface area (Å²) in [5, 5.41) is 3.08. The predicted molar refractivity (Wildman–Crippen MR) is 67.2 cm³/mol. The number of nitrogens with zero attached hydrogens (tertiary/aromatic N) is 1. The van der Waals surface area contributed by atoms with Crippen LogP contribution in [0.4, 0.5) is 8.78 Å². The molecule has 0 saturated carbocycles. The van der Waals surface area contributed by atoms with E-state index in [1.165, 1.54) is 4.31 Å². The van der Waals surface area contributed by atoms with Gasteiger partial charge in [0.2, 0.25) is 10.0 Å². The molecule has 1 aromatic carbocycles. The van der Waals surface area contributed by atoms with Gasteiger partial charge in [-0.3, -0.25) is 0 Å². The molecule has 0 aromatic heterocycles. The Morgan fingerprint density at radius 3 is 2.63 bits per heavy atom. The number of halogens is 2. The minimum Gasteiger partial charge on any atom is -0.314 e. The number of sulfonamides is 1. The SMILES string of the molecule is CC1(C)CNCCN1S(=O)(=O)c1cc(F)ccc1F. The summed E-state index contributed by atoms with van der Waals surface area (Å²) in [4.78, 5) is -0.609. The monoisotopic (exact) mass is 290 g/mol. The minimum atomic E-state index is -4.04. The molecule has 1 saturated heterocycles. The number of hydrogen-bond donors (Lipinski definition) is 1. The van der Waals surface area contributed by atoms with Crippen molar-refractivity contribution in [2.24, 2.45) is 0 Å². The van der Waals surface area contributed by atoms with Gasteiger partial charge in [-0.15, -0.1) is 0 Å². The summed E-state index contributed by atoms with van der Waals surface area (Å²) in [6.45, 7) is 4.66. The van der Waals surface area contributed by atoms with Gasteiger partial charge in [0.25, 0.3) is 0 Å². The number of piperazine rings is 1. The van der Waals surface area contributed by atoms with E-state index in [1.54, 1.807) is 13.8 Å². The molecule has 0 bridgehead atoms. The molecule has 0 aliphatic carbocycles. The summed E-state index contributed by atoms with van der Waals surface area (Å²) >= 11 is 0. The molecule has 106 valence electrons. The van der Waals surface area contributed by atoms with E-state index in [0.29, 0.717) is 13.1 Å². The third kappa shape index (κ3) is 2.63. The molecule has 1 aromatic rings. The Balaban J connectivity index is 2.50. The lowest BCUT2D eigenvalue weighted by Crippen LogP contribution is -2.59. The fraction of sp³-hybridized carbons (Fsp3) is 0.500. The van der Waals surface area contributed by atoms with Crippen LogP contribution in [0, 0.1) is 11.6 Å². The second kappa shape index (κ2) is 4.81. The number of benzene rings is 1. The van der Waals surface area contributed by atoms with Gasteiger partial charge in [-0.2, -0.15) is 4.31 Å². The zero-order valence-electron chi connectivity index (χ0n) is 10.8. The maximum Gasteiger partial charge on any atom is 0.246 e. The van der Waals surface area contributed by atoms with Crippen LogP contribution in [0.3, 0.4) is 0 Å².